The first kappa shape index (κ1) is 53.0. The smallest absolute Gasteiger partial charge is 0.308 e. The summed E-state index contributed by atoms with van der Waals surface area (Å²) in [6.45, 7) is 12.9. The summed E-state index contributed by atoms with van der Waals surface area (Å²) < 4.78 is 11.3. The van der Waals surface area contributed by atoms with E-state index in [0.717, 1.165) is 103 Å². The molecule has 0 aliphatic rings. The van der Waals surface area contributed by atoms with Gasteiger partial charge >= 0.3 is 11.9 Å². The quantitative estimate of drug-likeness (QED) is 0.0497. The lowest BCUT2D eigenvalue weighted by Gasteiger charge is -2.21. The van der Waals surface area contributed by atoms with E-state index in [0.29, 0.717) is 13.2 Å². The third-order valence-electron chi connectivity index (χ3n) is 10.7. The Labute approximate surface area is 325 Å². The Kier molecular flexibility index (Phi) is 43.4. The summed E-state index contributed by atoms with van der Waals surface area (Å²) in [5.41, 5.74) is 0. The Morgan fingerprint density at radius 2 is 0.808 bits per heavy atom. The number of carbonyl (C=O) groups excluding carboxylic acids is 2. The number of hydrogen-bond donors (Lipinski definition) is 1. The predicted octanol–water partition coefficient (Wildman–Crippen LogP) is 13.4. The fraction of sp³-hybridized carbons (Fsp3) is 0.957. The van der Waals surface area contributed by atoms with Crippen molar-refractivity contribution >= 4 is 11.9 Å². The van der Waals surface area contributed by atoms with Gasteiger partial charge in [-0.15, -0.1) is 0 Å². The first-order valence-electron chi connectivity index (χ1n) is 22.7. The highest BCUT2D eigenvalue weighted by molar-refractivity contribution is 5.72. The number of ether oxygens (including phenoxy) is 2. The van der Waals surface area contributed by atoms with E-state index in [1.807, 2.05) is 6.92 Å². The molecule has 6 nitrogen and oxygen atoms in total. The zero-order valence-corrected chi connectivity index (χ0v) is 34.8. The molecule has 0 fully saturated rings. The molecule has 0 spiro atoms. The van der Waals surface area contributed by atoms with Crippen molar-refractivity contribution in [2.24, 2.45) is 11.8 Å². The maximum absolute atomic E-state index is 13.0. The number of aliphatic hydroxyl groups excluding tert-OH is 1. The lowest BCUT2D eigenvalue weighted by molar-refractivity contribution is -0.149. The van der Waals surface area contributed by atoms with Crippen LogP contribution in [0.2, 0.25) is 0 Å². The van der Waals surface area contributed by atoms with Crippen LogP contribution in [0.1, 0.15) is 234 Å². The van der Waals surface area contributed by atoms with E-state index in [2.05, 4.69) is 25.7 Å². The minimum Gasteiger partial charge on any atom is -0.465 e. The second-order valence-electron chi connectivity index (χ2n) is 15.7. The molecule has 52 heavy (non-hydrogen) atoms. The highest BCUT2D eigenvalue weighted by Gasteiger charge is 2.19. The maximum atomic E-state index is 13.0. The Morgan fingerprint density at radius 1 is 0.462 bits per heavy atom. The fourth-order valence-corrected chi connectivity index (χ4v) is 7.09. The molecular formula is C46H93NO5. The third kappa shape index (κ3) is 35.9. The molecule has 0 aliphatic heterocycles. The monoisotopic (exact) mass is 740 g/mol. The van der Waals surface area contributed by atoms with Gasteiger partial charge in [0.1, 0.15) is 0 Å². The van der Waals surface area contributed by atoms with E-state index in [4.69, 9.17) is 9.47 Å². The van der Waals surface area contributed by atoms with Crippen LogP contribution in [0.3, 0.4) is 0 Å². The van der Waals surface area contributed by atoms with Crippen molar-refractivity contribution < 1.29 is 24.2 Å². The molecule has 6 heteroatoms. The van der Waals surface area contributed by atoms with Gasteiger partial charge in [0.2, 0.25) is 0 Å². The molecule has 0 aromatic heterocycles. The van der Waals surface area contributed by atoms with Gasteiger partial charge in [-0.3, -0.25) is 9.59 Å². The number of rotatable bonds is 41. The molecule has 0 rings (SSSR count). The molecule has 0 aromatic carbocycles. The molecule has 0 amide bonds. The predicted molar refractivity (Wildman–Crippen MR) is 225 cm³/mol. The van der Waals surface area contributed by atoms with Gasteiger partial charge in [0.15, 0.2) is 0 Å². The topological polar surface area (TPSA) is 76.1 Å². The molecule has 312 valence electrons. The van der Waals surface area contributed by atoms with Gasteiger partial charge in [-0.05, 0) is 58.0 Å². The van der Waals surface area contributed by atoms with Crippen molar-refractivity contribution in [3.05, 3.63) is 0 Å². The summed E-state index contributed by atoms with van der Waals surface area (Å²) in [6.07, 6.45) is 36.9. The molecule has 0 radical (unpaired) electrons. The molecule has 0 saturated carbocycles. The molecule has 0 saturated heterocycles. The lowest BCUT2D eigenvalue weighted by atomic mass is 9.94. The van der Waals surface area contributed by atoms with Crippen LogP contribution >= 0.6 is 0 Å². The van der Waals surface area contributed by atoms with Crippen molar-refractivity contribution in [3.8, 4) is 0 Å². The van der Waals surface area contributed by atoms with E-state index in [-0.39, 0.29) is 37.8 Å². The minimum absolute atomic E-state index is 0. The van der Waals surface area contributed by atoms with E-state index in [1.165, 1.54) is 116 Å². The number of nitrogens with zero attached hydrogens (tertiary/aromatic N) is 1. The van der Waals surface area contributed by atoms with E-state index >= 15 is 0 Å². The Bertz CT molecular complexity index is 716. The Hall–Kier alpha value is -1.14. The van der Waals surface area contributed by atoms with Gasteiger partial charge in [0, 0.05) is 6.54 Å². The fourth-order valence-electron chi connectivity index (χ4n) is 7.09. The van der Waals surface area contributed by atoms with Crippen LogP contribution in [-0.2, 0) is 19.1 Å². The first-order valence-corrected chi connectivity index (χ1v) is 22.7. The highest BCUT2D eigenvalue weighted by Crippen LogP contribution is 2.21. The third-order valence-corrected chi connectivity index (χ3v) is 10.7. The van der Waals surface area contributed by atoms with Gasteiger partial charge < -0.3 is 19.5 Å². The summed E-state index contributed by atoms with van der Waals surface area (Å²) in [6, 6.07) is 0. The number of unbranched alkanes of at least 4 members (excludes halogenated alkanes) is 23. The van der Waals surface area contributed by atoms with Crippen molar-refractivity contribution in [3.63, 3.8) is 0 Å². The number of carbonyl (C=O) groups is 2. The van der Waals surface area contributed by atoms with Gasteiger partial charge in [0.05, 0.1) is 31.7 Å². The molecule has 1 atom stereocenters. The first-order chi connectivity index (χ1) is 25.0. The zero-order chi connectivity index (χ0) is 37.5. The summed E-state index contributed by atoms with van der Waals surface area (Å²) in [5, 5.41) is 9.57. The van der Waals surface area contributed by atoms with Crippen LogP contribution in [0.4, 0.5) is 0 Å². The molecular weight excluding hydrogens is 647 g/mol. The number of esters is 2. The molecule has 1 N–H and O–H groups in total. The average molecular weight is 740 g/mol. The summed E-state index contributed by atoms with van der Waals surface area (Å²) in [4.78, 5) is 27.7. The molecule has 0 bridgehead atoms. The van der Waals surface area contributed by atoms with Crippen molar-refractivity contribution in [1.29, 1.82) is 0 Å². The molecule has 0 aromatic rings. The van der Waals surface area contributed by atoms with Gasteiger partial charge in [-0.25, -0.2) is 0 Å². The van der Waals surface area contributed by atoms with Crippen LogP contribution < -0.4 is 0 Å². The van der Waals surface area contributed by atoms with Crippen LogP contribution in [0.5, 0.6) is 0 Å². The molecule has 1 unspecified atom stereocenters. The number of hydrogen-bond acceptors (Lipinski definition) is 6. The van der Waals surface area contributed by atoms with E-state index < -0.39 is 0 Å². The summed E-state index contributed by atoms with van der Waals surface area (Å²) in [5.74, 6) is 0.121. The zero-order valence-electron chi connectivity index (χ0n) is 34.8. The Balaban J connectivity index is 0. The standard InChI is InChI=1S/C45H89NO5.CH4/c1-5-8-11-14-17-24-31-40-50-44(48)42(4)33-26-21-23-30-37-46(38-39-47)36-29-22-18-25-32-41-51-45(49)43(34-27-19-15-12-9-6-2)35-28-20-16-13-10-7-3;/h42-43,47H,5-41H2,1-4H3;1H4. The van der Waals surface area contributed by atoms with Crippen LogP contribution in [0, 0.1) is 11.8 Å². The van der Waals surface area contributed by atoms with Gasteiger partial charge in [0.25, 0.3) is 0 Å². The second-order valence-corrected chi connectivity index (χ2v) is 15.7. The van der Waals surface area contributed by atoms with Crippen molar-refractivity contribution in [2.75, 3.05) is 39.5 Å². The van der Waals surface area contributed by atoms with Crippen LogP contribution in [-0.4, -0.2) is 61.4 Å². The highest BCUT2D eigenvalue weighted by atomic mass is 16.5. The van der Waals surface area contributed by atoms with Gasteiger partial charge in [-0.2, -0.15) is 0 Å². The maximum Gasteiger partial charge on any atom is 0.308 e. The van der Waals surface area contributed by atoms with Gasteiger partial charge in [-0.1, -0.05) is 189 Å². The van der Waals surface area contributed by atoms with Crippen molar-refractivity contribution in [2.45, 2.75) is 234 Å². The summed E-state index contributed by atoms with van der Waals surface area (Å²) >= 11 is 0. The number of aliphatic hydroxyl groups is 1. The molecule has 0 heterocycles. The van der Waals surface area contributed by atoms with E-state index in [1.54, 1.807) is 0 Å². The van der Waals surface area contributed by atoms with E-state index in [9.17, 15) is 14.7 Å². The lowest BCUT2D eigenvalue weighted by Crippen LogP contribution is -2.29. The summed E-state index contributed by atoms with van der Waals surface area (Å²) in [7, 11) is 0. The SMILES string of the molecule is C.CCCCCCCCCOC(=O)C(C)CCCCCCN(CCO)CCCCCCCOC(=O)C(CCCCCCCC)CCCCCCCC. The normalized spacial score (nSPS) is 12.0. The van der Waals surface area contributed by atoms with Crippen LogP contribution in [0.15, 0.2) is 0 Å². The molecule has 0 aliphatic carbocycles. The largest absolute Gasteiger partial charge is 0.465 e. The second kappa shape index (κ2) is 42.6. The van der Waals surface area contributed by atoms with Crippen molar-refractivity contribution in [1.82, 2.24) is 4.90 Å². The van der Waals surface area contributed by atoms with Crippen LogP contribution in [0.25, 0.3) is 0 Å². The average Bonchev–Trinajstić information content (AvgIpc) is 3.13. The minimum atomic E-state index is -0.0256. The Morgan fingerprint density at radius 3 is 1.23 bits per heavy atom.